The van der Waals surface area contributed by atoms with Gasteiger partial charge >= 0.3 is 5.97 Å². The largest absolute Gasteiger partial charge is 0.479 e. The number of aromatic nitrogens is 1. The number of carboxylic acid groups (broad SMARTS) is 1. The lowest BCUT2D eigenvalue weighted by Gasteiger charge is -2.49. The number of β-lactam (4-membered cyclic amide) rings is 1. The molecule has 1 saturated heterocycles. The topological polar surface area (TPSA) is 147 Å². The molecule has 2 aliphatic rings. The zero-order valence-corrected chi connectivity index (χ0v) is 14.4. The first kappa shape index (κ1) is 17.2. The summed E-state index contributed by atoms with van der Waals surface area (Å²) in [7, 11) is 1.28. The van der Waals surface area contributed by atoms with Gasteiger partial charge in [0.15, 0.2) is 10.8 Å². The average molecular weight is 383 g/mol. The molecule has 1 aromatic heterocycles. The van der Waals surface area contributed by atoms with Gasteiger partial charge in [-0.25, -0.2) is 9.78 Å². The van der Waals surface area contributed by atoms with Crippen LogP contribution in [0.3, 0.4) is 0 Å². The number of nitrogens with two attached hydrogens (primary N) is 1. The van der Waals surface area contributed by atoms with Crippen LogP contribution in [-0.2, 0) is 19.2 Å². The van der Waals surface area contributed by atoms with Crippen LogP contribution in [0.1, 0.15) is 5.69 Å². The van der Waals surface area contributed by atoms with Crippen molar-refractivity contribution < 1.29 is 24.3 Å². The van der Waals surface area contributed by atoms with Crippen molar-refractivity contribution in [3.05, 3.63) is 22.6 Å². The molecule has 12 heteroatoms. The zero-order valence-electron chi connectivity index (χ0n) is 12.8. The van der Waals surface area contributed by atoms with Crippen LogP contribution in [0.2, 0.25) is 0 Å². The molecule has 0 aromatic carbocycles. The third-order valence-corrected chi connectivity index (χ3v) is 5.33. The Bertz CT molecular complexity index is 792. The van der Waals surface area contributed by atoms with Crippen molar-refractivity contribution in [1.29, 1.82) is 0 Å². The molecule has 2 amide bonds. The van der Waals surface area contributed by atoms with Crippen LogP contribution in [0.15, 0.2) is 22.0 Å². The Morgan fingerprint density at radius 3 is 2.88 bits per heavy atom. The number of hydrogen-bond donors (Lipinski definition) is 3. The van der Waals surface area contributed by atoms with Gasteiger partial charge in [-0.3, -0.25) is 9.59 Å². The number of nitrogens with zero attached hydrogens (tertiary/aromatic N) is 3. The summed E-state index contributed by atoms with van der Waals surface area (Å²) >= 11 is 2.39. The van der Waals surface area contributed by atoms with Crippen LogP contribution in [-0.4, -0.2) is 63.1 Å². The van der Waals surface area contributed by atoms with Crippen molar-refractivity contribution in [2.75, 3.05) is 12.8 Å². The molecule has 3 rings (SSSR count). The molecule has 3 heterocycles. The SMILES string of the molecule is CO/N=C(\C(=O)NC1C(=O)N2C(C(=O)O)C=CSC12)c1csc(N)n1. The van der Waals surface area contributed by atoms with E-state index in [1.165, 1.54) is 29.8 Å². The molecule has 0 spiro atoms. The maximum Gasteiger partial charge on any atom is 0.330 e. The van der Waals surface area contributed by atoms with Gasteiger partial charge in [0.1, 0.15) is 30.3 Å². The van der Waals surface area contributed by atoms with Gasteiger partial charge in [0.05, 0.1) is 0 Å². The van der Waals surface area contributed by atoms with Gasteiger partial charge in [0.2, 0.25) is 5.91 Å². The van der Waals surface area contributed by atoms with E-state index in [9.17, 15) is 14.4 Å². The van der Waals surface area contributed by atoms with E-state index in [0.717, 1.165) is 11.3 Å². The van der Waals surface area contributed by atoms with Crippen LogP contribution < -0.4 is 11.1 Å². The molecule has 3 unspecified atom stereocenters. The summed E-state index contributed by atoms with van der Waals surface area (Å²) in [4.78, 5) is 45.8. The van der Waals surface area contributed by atoms with Gasteiger partial charge in [-0.1, -0.05) is 5.16 Å². The predicted octanol–water partition coefficient (Wildman–Crippen LogP) is -0.557. The lowest BCUT2D eigenvalue weighted by atomic mass is 10.0. The number of carbonyl (C=O) groups excluding carboxylic acids is 2. The molecule has 0 bridgehead atoms. The molecule has 3 atom stereocenters. The second kappa shape index (κ2) is 6.72. The molecule has 25 heavy (non-hydrogen) atoms. The van der Waals surface area contributed by atoms with E-state index >= 15 is 0 Å². The number of oxime groups is 1. The Morgan fingerprint density at radius 1 is 1.52 bits per heavy atom. The number of aliphatic carboxylic acids is 1. The van der Waals surface area contributed by atoms with Crippen molar-refractivity contribution in [2.24, 2.45) is 5.16 Å². The zero-order chi connectivity index (χ0) is 18.1. The molecule has 10 nitrogen and oxygen atoms in total. The Kier molecular flexibility index (Phi) is 4.63. The summed E-state index contributed by atoms with van der Waals surface area (Å²) in [6.45, 7) is 0. The number of amides is 2. The first-order valence-electron chi connectivity index (χ1n) is 6.94. The lowest BCUT2D eigenvalue weighted by Crippen LogP contribution is -2.73. The van der Waals surface area contributed by atoms with E-state index in [2.05, 4.69) is 20.3 Å². The number of thiazole rings is 1. The highest BCUT2D eigenvalue weighted by molar-refractivity contribution is 8.02. The van der Waals surface area contributed by atoms with Crippen LogP contribution in [0, 0.1) is 0 Å². The second-order valence-corrected chi connectivity index (χ2v) is 6.95. The van der Waals surface area contributed by atoms with Gasteiger partial charge in [-0.2, -0.15) is 0 Å². The molecule has 0 saturated carbocycles. The first-order valence-corrected chi connectivity index (χ1v) is 8.76. The maximum atomic E-state index is 12.5. The van der Waals surface area contributed by atoms with Crippen LogP contribution in [0.5, 0.6) is 0 Å². The number of nitrogens with one attached hydrogen (secondary N) is 1. The van der Waals surface area contributed by atoms with Crippen LogP contribution in [0.25, 0.3) is 0 Å². The van der Waals surface area contributed by atoms with Crippen LogP contribution in [0.4, 0.5) is 5.13 Å². The number of rotatable bonds is 5. The molecular weight excluding hydrogens is 370 g/mol. The third kappa shape index (κ3) is 3.05. The normalized spacial score (nSPS) is 25.2. The molecular formula is C13H13N5O5S2. The van der Waals surface area contributed by atoms with Gasteiger partial charge in [-0.05, 0) is 11.5 Å². The fraction of sp³-hybridized carbons (Fsp3) is 0.308. The van der Waals surface area contributed by atoms with E-state index < -0.39 is 35.2 Å². The minimum Gasteiger partial charge on any atom is -0.479 e. The standard InChI is InChI=1S/C13H13N5O5S2/c1-23-17-7(5-4-25-13(14)15-5)9(19)16-8-10(20)18-6(12(21)22)2-3-24-11(8)18/h2-4,6,8,11H,1H3,(H2,14,15)(H,16,19)(H,21,22)/b17-7-. The lowest BCUT2D eigenvalue weighted by molar-refractivity contribution is -0.159. The van der Waals surface area contributed by atoms with E-state index in [1.54, 1.807) is 10.8 Å². The number of thioether (sulfide) groups is 1. The Hall–Kier alpha value is -2.60. The molecule has 132 valence electrons. The van der Waals surface area contributed by atoms with Gasteiger partial charge in [-0.15, -0.1) is 23.1 Å². The maximum absolute atomic E-state index is 12.5. The third-order valence-electron chi connectivity index (χ3n) is 3.56. The summed E-state index contributed by atoms with van der Waals surface area (Å²) in [6, 6.07) is -1.89. The number of nitrogen functional groups attached to an aromatic ring is 1. The first-order chi connectivity index (χ1) is 11.9. The van der Waals surface area contributed by atoms with Gasteiger partial charge in [0, 0.05) is 5.38 Å². The van der Waals surface area contributed by atoms with Crippen molar-refractivity contribution in [3.63, 3.8) is 0 Å². The van der Waals surface area contributed by atoms with Crippen molar-refractivity contribution >= 4 is 51.7 Å². The number of hydrogen-bond acceptors (Lipinski definition) is 9. The van der Waals surface area contributed by atoms with E-state index in [0.29, 0.717) is 0 Å². The fourth-order valence-electron chi connectivity index (χ4n) is 2.46. The average Bonchev–Trinajstić information content (AvgIpc) is 3.02. The number of carboxylic acids is 1. The van der Waals surface area contributed by atoms with E-state index in [-0.39, 0.29) is 16.5 Å². The number of anilines is 1. The number of fused-ring (bicyclic) bond motifs is 1. The van der Waals surface area contributed by atoms with E-state index in [4.69, 9.17) is 10.8 Å². The highest BCUT2D eigenvalue weighted by atomic mass is 32.2. The Labute approximate surface area is 149 Å². The summed E-state index contributed by atoms with van der Waals surface area (Å²) < 4.78 is 0. The molecule has 0 radical (unpaired) electrons. The summed E-state index contributed by atoms with van der Waals surface area (Å²) in [5, 5.41) is 18.3. The quantitative estimate of drug-likeness (QED) is 0.348. The van der Waals surface area contributed by atoms with Crippen molar-refractivity contribution in [3.8, 4) is 0 Å². The molecule has 0 aliphatic carbocycles. The van der Waals surface area contributed by atoms with E-state index in [1.807, 2.05) is 0 Å². The highest BCUT2D eigenvalue weighted by Crippen LogP contribution is 2.37. The van der Waals surface area contributed by atoms with Crippen LogP contribution >= 0.6 is 23.1 Å². The predicted molar refractivity (Wildman–Crippen MR) is 90.8 cm³/mol. The summed E-state index contributed by atoms with van der Waals surface area (Å²) in [5.41, 5.74) is 5.67. The smallest absolute Gasteiger partial charge is 0.330 e. The summed E-state index contributed by atoms with van der Waals surface area (Å²) in [5.74, 6) is -2.26. The minimum absolute atomic E-state index is 0.118. The Morgan fingerprint density at radius 2 is 2.28 bits per heavy atom. The van der Waals surface area contributed by atoms with Crippen molar-refractivity contribution in [2.45, 2.75) is 17.5 Å². The van der Waals surface area contributed by atoms with Gasteiger partial charge < -0.3 is 25.9 Å². The van der Waals surface area contributed by atoms with Gasteiger partial charge in [0.25, 0.3) is 5.91 Å². The molecule has 4 N–H and O–H groups in total. The van der Waals surface area contributed by atoms with Crippen molar-refractivity contribution in [1.82, 2.24) is 15.2 Å². The highest BCUT2D eigenvalue weighted by Gasteiger charge is 2.54. The minimum atomic E-state index is -1.13. The summed E-state index contributed by atoms with van der Waals surface area (Å²) in [6.07, 6.45) is 1.43. The Balaban J connectivity index is 1.75. The monoisotopic (exact) mass is 383 g/mol. The second-order valence-electron chi connectivity index (χ2n) is 5.03. The molecule has 1 fully saturated rings. The fourth-order valence-corrected chi connectivity index (χ4v) is 4.11. The number of carbonyl (C=O) groups is 3. The molecule has 1 aromatic rings. The molecule has 2 aliphatic heterocycles.